The van der Waals surface area contributed by atoms with Gasteiger partial charge in [-0.3, -0.25) is 10.1 Å². The fourth-order valence-corrected chi connectivity index (χ4v) is 1.36. The second kappa shape index (κ2) is 4.52. The van der Waals surface area contributed by atoms with E-state index >= 15 is 0 Å². The summed E-state index contributed by atoms with van der Waals surface area (Å²) in [7, 11) is 0. The fourth-order valence-electron chi connectivity index (χ4n) is 1.36. The molecule has 5 heteroatoms. The highest BCUT2D eigenvalue weighted by Gasteiger charge is 2.15. The Morgan fingerprint density at radius 2 is 1.59 bits per heavy atom. The zero-order valence-electron chi connectivity index (χ0n) is 8.74. The molecule has 0 heterocycles. The quantitative estimate of drug-likeness (QED) is 0.650. The van der Waals surface area contributed by atoms with E-state index in [2.05, 4.69) is 0 Å². The molecule has 17 heavy (non-hydrogen) atoms. The Bertz CT molecular complexity index is 554. The predicted octanol–water partition coefficient (Wildman–Crippen LogP) is 3.09. The normalized spacial score (nSPS) is 9.88. The first-order valence-electron chi connectivity index (χ1n) is 4.88. The van der Waals surface area contributed by atoms with Crippen molar-refractivity contribution in [3.8, 4) is 17.2 Å². The van der Waals surface area contributed by atoms with Gasteiger partial charge in [0.05, 0.1) is 4.92 Å². The number of benzene rings is 2. The number of para-hydroxylation sites is 4. The summed E-state index contributed by atoms with van der Waals surface area (Å²) in [6, 6.07) is 12.3. The van der Waals surface area contributed by atoms with Crippen LogP contribution in [-0.4, -0.2) is 10.0 Å². The zero-order chi connectivity index (χ0) is 12.3. The van der Waals surface area contributed by atoms with Crippen LogP contribution in [0.5, 0.6) is 17.2 Å². The van der Waals surface area contributed by atoms with Crippen LogP contribution in [0, 0.1) is 10.1 Å². The van der Waals surface area contributed by atoms with E-state index in [1.165, 1.54) is 24.3 Å². The van der Waals surface area contributed by atoms with E-state index in [4.69, 9.17) is 4.74 Å². The first-order chi connectivity index (χ1) is 8.18. The summed E-state index contributed by atoms with van der Waals surface area (Å²) in [6.07, 6.45) is 0. The second-order valence-electron chi connectivity index (χ2n) is 3.29. The lowest BCUT2D eigenvalue weighted by Gasteiger charge is -2.07. The Balaban J connectivity index is 2.37. The maximum atomic E-state index is 10.8. The number of phenolic OH excluding ortho intramolecular Hbond substituents is 1. The monoisotopic (exact) mass is 231 g/mol. The average molecular weight is 231 g/mol. The van der Waals surface area contributed by atoms with E-state index < -0.39 is 4.92 Å². The highest BCUT2D eigenvalue weighted by atomic mass is 16.6. The van der Waals surface area contributed by atoms with Gasteiger partial charge in [0.2, 0.25) is 5.75 Å². The summed E-state index contributed by atoms with van der Waals surface area (Å²) >= 11 is 0. The van der Waals surface area contributed by atoms with Crippen LogP contribution in [0.15, 0.2) is 48.5 Å². The molecule has 0 saturated heterocycles. The number of nitro benzene ring substituents is 1. The number of ether oxygens (including phenoxy) is 1. The third-order valence-electron chi connectivity index (χ3n) is 2.15. The molecule has 0 aromatic heterocycles. The van der Waals surface area contributed by atoms with Crippen molar-refractivity contribution >= 4 is 5.69 Å². The average Bonchev–Trinajstić information content (AvgIpc) is 2.32. The van der Waals surface area contributed by atoms with Gasteiger partial charge in [-0.25, -0.2) is 0 Å². The highest BCUT2D eigenvalue weighted by molar-refractivity contribution is 5.50. The first-order valence-corrected chi connectivity index (χ1v) is 4.88. The topological polar surface area (TPSA) is 72.6 Å². The molecule has 0 aliphatic carbocycles. The largest absolute Gasteiger partial charge is 0.504 e. The third-order valence-corrected chi connectivity index (χ3v) is 2.15. The number of phenols is 1. The summed E-state index contributed by atoms with van der Waals surface area (Å²) < 4.78 is 5.31. The summed E-state index contributed by atoms with van der Waals surface area (Å²) in [4.78, 5) is 10.2. The number of aromatic hydroxyl groups is 1. The van der Waals surface area contributed by atoms with Crippen LogP contribution < -0.4 is 4.74 Å². The number of nitrogens with zero attached hydrogens (tertiary/aromatic N) is 1. The molecule has 0 unspecified atom stereocenters. The zero-order valence-corrected chi connectivity index (χ0v) is 8.74. The standard InChI is InChI=1S/C12H9NO4/c14-10-6-2-4-8-12(10)17-11-7-3-1-5-9(11)13(15)16/h1-8,14H. The summed E-state index contributed by atoms with van der Waals surface area (Å²) in [5.41, 5.74) is -0.143. The van der Waals surface area contributed by atoms with Gasteiger partial charge in [0.25, 0.3) is 0 Å². The van der Waals surface area contributed by atoms with Gasteiger partial charge in [-0.15, -0.1) is 0 Å². The molecule has 0 aliphatic heterocycles. The van der Waals surface area contributed by atoms with E-state index in [0.717, 1.165) is 0 Å². The first kappa shape index (κ1) is 10.9. The van der Waals surface area contributed by atoms with E-state index in [-0.39, 0.29) is 22.9 Å². The van der Waals surface area contributed by atoms with E-state index in [0.29, 0.717) is 0 Å². The highest BCUT2D eigenvalue weighted by Crippen LogP contribution is 2.34. The lowest BCUT2D eigenvalue weighted by atomic mass is 10.3. The molecule has 5 nitrogen and oxygen atoms in total. The summed E-state index contributed by atoms with van der Waals surface area (Å²) in [5.74, 6) is 0.214. The van der Waals surface area contributed by atoms with Gasteiger partial charge in [0, 0.05) is 6.07 Å². The lowest BCUT2D eigenvalue weighted by molar-refractivity contribution is -0.385. The molecule has 1 N–H and O–H groups in total. The molecule has 2 aromatic carbocycles. The molecular weight excluding hydrogens is 222 g/mol. The smallest absolute Gasteiger partial charge is 0.311 e. The van der Waals surface area contributed by atoms with Crippen molar-refractivity contribution in [1.82, 2.24) is 0 Å². The molecule has 0 bridgehead atoms. The van der Waals surface area contributed by atoms with Gasteiger partial charge in [-0.1, -0.05) is 24.3 Å². The minimum atomic E-state index is -0.532. The molecule has 0 spiro atoms. The van der Waals surface area contributed by atoms with Gasteiger partial charge in [-0.05, 0) is 18.2 Å². The number of rotatable bonds is 3. The van der Waals surface area contributed by atoms with Crippen LogP contribution in [0.1, 0.15) is 0 Å². The Morgan fingerprint density at radius 3 is 2.24 bits per heavy atom. The second-order valence-corrected chi connectivity index (χ2v) is 3.29. The molecule has 86 valence electrons. The van der Waals surface area contributed by atoms with Gasteiger partial charge in [-0.2, -0.15) is 0 Å². The van der Waals surface area contributed by atoms with E-state index in [1.807, 2.05) is 0 Å². The van der Waals surface area contributed by atoms with Gasteiger partial charge in [0.15, 0.2) is 11.5 Å². The maximum Gasteiger partial charge on any atom is 0.311 e. The molecule has 0 radical (unpaired) electrons. The fraction of sp³-hybridized carbons (Fsp3) is 0. The minimum Gasteiger partial charge on any atom is -0.504 e. The van der Waals surface area contributed by atoms with Crippen molar-refractivity contribution in [2.75, 3.05) is 0 Å². The molecule has 0 amide bonds. The van der Waals surface area contributed by atoms with Crippen molar-refractivity contribution in [1.29, 1.82) is 0 Å². The van der Waals surface area contributed by atoms with Gasteiger partial charge in [0.1, 0.15) is 0 Å². The van der Waals surface area contributed by atoms with Crippen molar-refractivity contribution in [3.05, 3.63) is 58.6 Å². The van der Waals surface area contributed by atoms with Crippen molar-refractivity contribution in [2.45, 2.75) is 0 Å². The molecule has 0 fully saturated rings. The maximum absolute atomic E-state index is 10.8. The SMILES string of the molecule is O=[N+]([O-])c1ccccc1Oc1ccccc1O. The van der Waals surface area contributed by atoms with Crippen LogP contribution in [0.2, 0.25) is 0 Å². The lowest BCUT2D eigenvalue weighted by Crippen LogP contribution is -1.92. The number of hydrogen-bond donors (Lipinski definition) is 1. The predicted molar refractivity (Wildman–Crippen MR) is 61.3 cm³/mol. The van der Waals surface area contributed by atoms with Crippen LogP contribution in [0.25, 0.3) is 0 Å². The van der Waals surface area contributed by atoms with Crippen LogP contribution in [-0.2, 0) is 0 Å². The van der Waals surface area contributed by atoms with Gasteiger partial charge < -0.3 is 9.84 Å². The molecule has 2 aromatic rings. The van der Waals surface area contributed by atoms with Gasteiger partial charge >= 0.3 is 5.69 Å². The number of nitro groups is 1. The Labute approximate surface area is 97.0 Å². The molecule has 0 atom stereocenters. The molecular formula is C12H9NO4. The van der Waals surface area contributed by atoms with Crippen molar-refractivity contribution < 1.29 is 14.8 Å². The van der Waals surface area contributed by atoms with Crippen LogP contribution in [0.4, 0.5) is 5.69 Å². The number of hydrogen-bond acceptors (Lipinski definition) is 4. The third kappa shape index (κ3) is 2.34. The van der Waals surface area contributed by atoms with E-state index in [9.17, 15) is 15.2 Å². The Hall–Kier alpha value is -2.56. The van der Waals surface area contributed by atoms with Crippen LogP contribution in [0.3, 0.4) is 0 Å². The Morgan fingerprint density at radius 1 is 1.00 bits per heavy atom. The summed E-state index contributed by atoms with van der Waals surface area (Å²) in [5, 5.41) is 20.3. The Kier molecular flexibility index (Phi) is 2.91. The minimum absolute atomic E-state index is 0.0642. The summed E-state index contributed by atoms with van der Waals surface area (Å²) in [6.45, 7) is 0. The molecule has 2 rings (SSSR count). The molecule has 0 saturated carbocycles. The molecule has 0 aliphatic rings. The van der Waals surface area contributed by atoms with Crippen molar-refractivity contribution in [2.24, 2.45) is 0 Å². The van der Waals surface area contributed by atoms with E-state index in [1.54, 1.807) is 24.3 Å². The van der Waals surface area contributed by atoms with Crippen molar-refractivity contribution in [3.63, 3.8) is 0 Å². The van der Waals surface area contributed by atoms with Crippen LogP contribution >= 0.6 is 0 Å².